The van der Waals surface area contributed by atoms with Crippen molar-refractivity contribution in [3.63, 3.8) is 0 Å². The Hall–Kier alpha value is -1.17. The van der Waals surface area contributed by atoms with E-state index < -0.39 is 37.1 Å². The van der Waals surface area contributed by atoms with Crippen LogP contribution in [-0.2, 0) is 23.8 Å². The monoisotopic (exact) mass is 262 g/mol. The molecule has 5 nitrogen and oxygen atoms in total. The first-order chi connectivity index (χ1) is 8.36. The minimum Gasteiger partial charge on any atom is -0.456 e. The highest BCUT2D eigenvalue weighted by molar-refractivity contribution is 5.67. The van der Waals surface area contributed by atoms with E-state index >= 15 is 0 Å². The van der Waals surface area contributed by atoms with Gasteiger partial charge < -0.3 is 14.2 Å². The van der Waals surface area contributed by atoms with Gasteiger partial charge in [-0.15, -0.1) is 0 Å². The number of carbonyl (C=O) groups is 2. The molecule has 0 spiro atoms. The average molecular weight is 262 g/mol. The zero-order chi connectivity index (χ0) is 13.9. The van der Waals surface area contributed by atoms with Gasteiger partial charge in [-0.1, -0.05) is 13.8 Å². The van der Waals surface area contributed by atoms with Gasteiger partial charge >= 0.3 is 11.9 Å². The van der Waals surface area contributed by atoms with Crippen molar-refractivity contribution in [1.82, 2.24) is 0 Å². The molecule has 1 rings (SSSR count). The second-order valence-electron chi connectivity index (χ2n) is 4.60. The fourth-order valence-electron chi connectivity index (χ4n) is 2.05. The molecule has 0 aliphatic carbocycles. The summed E-state index contributed by atoms with van der Waals surface area (Å²) in [4.78, 5) is 22.0. The van der Waals surface area contributed by atoms with Crippen LogP contribution in [0.3, 0.4) is 0 Å². The van der Waals surface area contributed by atoms with Crippen LogP contribution in [-0.4, -0.2) is 37.1 Å². The lowest BCUT2D eigenvalue weighted by molar-refractivity contribution is -0.268. The maximum Gasteiger partial charge on any atom is 0.305 e. The molecule has 0 N–H and O–H groups in total. The van der Waals surface area contributed by atoms with Gasteiger partial charge in [-0.2, -0.15) is 0 Å². The molecule has 18 heavy (non-hydrogen) atoms. The lowest BCUT2D eigenvalue weighted by Crippen LogP contribution is -2.53. The van der Waals surface area contributed by atoms with E-state index in [9.17, 15) is 14.0 Å². The molecule has 104 valence electrons. The molecule has 0 amide bonds. The van der Waals surface area contributed by atoms with Crippen LogP contribution in [0.4, 0.5) is 4.39 Å². The summed E-state index contributed by atoms with van der Waals surface area (Å²) >= 11 is 0. The normalized spacial score (nSPS) is 35.9. The first kappa shape index (κ1) is 14.9. The van der Waals surface area contributed by atoms with E-state index in [1.807, 2.05) is 13.8 Å². The number of hydrogen-bond acceptors (Lipinski definition) is 5. The molecule has 0 radical (unpaired) electrons. The molecule has 1 heterocycles. The van der Waals surface area contributed by atoms with Crippen molar-refractivity contribution in [2.45, 2.75) is 46.2 Å². The van der Waals surface area contributed by atoms with E-state index in [0.717, 1.165) is 0 Å². The number of esters is 2. The van der Waals surface area contributed by atoms with Crippen molar-refractivity contribution in [3.8, 4) is 0 Å². The van der Waals surface area contributed by atoms with Crippen molar-refractivity contribution in [2.75, 3.05) is 6.67 Å². The standard InChI is InChI=1S/C12H19FO5/c1-6-7(2)11(16-8(3)14)12(17-9(4)15)18-10(6)5-13/h6-7,10-12H,5H2,1-4H3/t6-,7-,10?,11?,12?/m0/s1. The Morgan fingerprint density at radius 1 is 1.11 bits per heavy atom. The third kappa shape index (κ3) is 3.41. The summed E-state index contributed by atoms with van der Waals surface area (Å²) in [5.74, 6) is -1.34. The Bertz CT molecular complexity index is 320. The fourth-order valence-corrected chi connectivity index (χ4v) is 2.05. The summed E-state index contributed by atoms with van der Waals surface area (Å²) in [6.07, 6.45) is -2.40. The van der Waals surface area contributed by atoms with E-state index in [1.54, 1.807) is 0 Å². The van der Waals surface area contributed by atoms with Crippen molar-refractivity contribution >= 4 is 11.9 Å². The number of carbonyl (C=O) groups excluding carboxylic acids is 2. The summed E-state index contributed by atoms with van der Waals surface area (Å²) in [5.41, 5.74) is 0. The summed E-state index contributed by atoms with van der Waals surface area (Å²) in [5, 5.41) is 0. The number of halogens is 1. The van der Waals surface area contributed by atoms with Crippen LogP contribution in [0.15, 0.2) is 0 Å². The zero-order valence-electron chi connectivity index (χ0n) is 11.0. The molecule has 0 aromatic carbocycles. The fraction of sp³-hybridized carbons (Fsp3) is 0.833. The summed E-state index contributed by atoms with van der Waals surface area (Å²) in [6.45, 7) is 5.45. The van der Waals surface area contributed by atoms with Gasteiger partial charge in [-0.3, -0.25) is 9.59 Å². The lowest BCUT2D eigenvalue weighted by atomic mass is 9.84. The maximum atomic E-state index is 12.8. The summed E-state index contributed by atoms with van der Waals surface area (Å²) in [6, 6.07) is 0. The maximum absolute atomic E-state index is 12.8. The third-order valence-corrected chi connectivity index (χ3v) is 3.25. The van der Waals surface area contributed by atoms with E-state index in [2.05, 4.69) is 0 Å². The van der Waals surface area contributed by atoms with Gasteiger partial charge in [0.1, 0.15) is 6.67 Å². The van der Waals surface area contributed by atoms with Crippen LogP contribution in [0.5, 0.6) is 0 Å². The van der Waals surface area contributed by atoms with Gasteiger partial charge in [-0.25, -0.2) is 4.39 Å². The quantitative estimate of drug-likeness (QED) is 0.720. The minimum absolute atomic E-state index is 0.133. The highest BCUT2D eigenvalue weighted by Crippen LogP contribution is 2.33. The zero-order valence-corrected chi connectivity index (χ0v) is 11.0. The Labute approximate surface area is 106 Å². The molecule has 0 aromatic heterocycles. The molecule has 5 atom stereocenters. The Balaban J connectivity index is 2.86. The van der Waals surface area contributed by atoms with Crippen LogP contribution in [0.1, 0.15) is 27.7 Å². The second kappa shape index (κ2) is 6.13. The molecule has 6 heteroatoms. The lowest BCUT2D eigenvalue weighted by Gasteiger charge is -2.42. The molecule has 3 unspecified atom stereocenters. The number of ether oxygens (including phenoxy) is 3. The van der Waals surface area contributed by atoms with Crippen LogP contribution in [0.25, 0.3) is 0 Å². The molecular formula is C12H19FO5. The predicted octanol–water partition coefficient (Wildman–Crippen LogP) is 1.45. The number of hydrogen-bond donors (Lipinski definition) is 0. The van der Waals surface area contributed by atoms with Gasteiger partial charge in [0.25, 0.3) is 0 Å². The molecular weight excluding hydrogens is 243 g/mol. The van der Waals surface area contributed by atoms with Crippen LogP contribution >= 0.6 is 0 Å². The predicted molar refractivity (Wildman–Crippen MR) is 60.3 cm³/mol. The number of alkyl halides is 1. The molecule has 1 aliphatic heterocycles. The summed E-state index contributed by atoms with van der Waals surface area (Å²) in [7, 11) is 0. The van der Waals surface area contributed by atoms with Gasteiger partial charge in [0.15, 0.2) is 6.10 Å². The van der Waals surface area contributed by atoms with Gasteiger partial charge in [0.2, 0.25) is 6.29 Å². The van der Waals surface area contributed by atoms with Crippen LogP contribution in [0.2, 0.25) is 0 Å². The molecule has 0 saturated carbocycles. The van der Waals surface area contributed by atoms with Gasteiger partial charge in [0.05, 0.1) is 6.10 Å². The smallest absolute Gasteiger partial charge is 0.305 e. The molecule has 0 aromatic rings. The Kier molecular flexibility index (Phi) is 5.07. The topological polar surface area (TPSA) is 61.8 Å². The van der Waals surface area contributed by atoms with E-state index in [1.165, 1.54) is 13.8 Å². The van der Waals surface area contributed by atoms with Crippen molar-refractivity contribution in [1.29, 1.82) is 0 Å². The first-order valence-corrected chi connectivity index (χ1v) is 5.92. The van der Waals surface area contributed by atoms with Gasteiger partial charge in [-0.05, 0) is 5.92 Å². The van der Waals surface area contributed by atoms with Crippen molar-refractivity contribution in [2.24, 2.45) is 11.8 Å². The summed E-state index contributed by atoms with van der Waals surface area (Å²) < 4.78 is 28.2. The third-order valence-electron chi connectivity index (χ3n) is 3.25. The molecule has 1 saturated heterocycles. The largest absolute Gasteiger partial charge is 0.456 e. The minimum atomic E-state index is -1.04. The highest BCUT2D eigenvalue weighted by atomic mass is 19.1. The van der Waals surface area contributed by atoms with E-state index in [4.69, 9.17) is 14.2 Å². The van der Waals surface area contributed by atoms with E-state index in [-0.39, 0.29) is 11.8 Å². The molecule has 1 fully saturated rings. The Morgan fingerprint density at radius 2 is 1.67 bits per heavy atom. The van der Waals surface area contributed by atoms with E-state index in [0.29, 0.717) is 0 Å². The molecule has 0 bridgehead atoms. The van der Waals surface area contributed by atoms with Gasteiger partial charge in [0, 0.05) is 19.8 Å². The second-order valence-corrected chi connectivity index (χ2v) is 4.60. The van der Waals surface area contributed by atoms with Crippen LogP contribution in [0, 0.1) is 11.8 Å². The van der Waals surface area contributed by atoms with Crippen LogP contribution < -0.4 is 0 Å². The Morgan fingerprint density at radius 3 is 2.11 bits per heavy atom. The average Bonchev–Trinajstić information content (AvgIpc) is 2.27. The van der Waals surface area contributed by atoms with Crippen molar-refractivity contribution in [3.05, 3.63) is 0 Å². The first-order valence-electron chi connectivity index (χ1n) is 5.92. The SMILES string of the molecule is CC(=O)OC1OC(CF)[C@@H](C)[C@H](C)C1OC(C)=O. The highest BCUT2D eigenvalue weighted by Gasteiger charge is 2.45. The molecule has 1 aliphatic rings. The van der Waals surface area contributed by atoms with Crippen molar-refractivity contribution < 1.29 is 28.2 Å². The number of rotatable bonds is 3.